The van der Waals surface area contributed by atoms with E-state index in [4.69, 9.17) is 14.7 Å². The van der Waals surface area contributed by atoms with Crippen molar-refractivity contribution in [2.24, 2.45) is 0 Å². The normalized spacial score (nSPS) is 9.29. The molecule has 0 amide bonds. The topological polar surface area (TPSA) is 68.6 Å². The number of nitriles is 1. The van der Waals surface area contributed by atoms with Gasteiger partial charge in [-0.25, -0.2) is 4.79 Å². The van der Waals surface area contributed by atoms with Gasteiger partial charge in [0.25, 0.3) is 0 Å². The van der Waals surface area contributed by atoms with Gasteiger partial charge < -0.3 is 14.2 Å². The zero-order valence-corrected chi connectivity index (χ0v) is 9.94. The van der Waals surface area contributed by atoms with Crippen LogP contribution in [0.25, 0.3) is 0 Å². The summed E-state index contributed by atoms with van der Waals surface area (Å²) in [6, 6.07) is 5.10. The van der Waals surface area contributed by atoms with E-state index in [2.05, 4.69) is 4.74 Å². The fourth-order valence-corrected chi connectivity index (χ4v) is 1.45. The number of benzene rings is 1. The Kier molecular flexibility index (Phi) is 4.35. The number of ether oxygens (including phenoxy) is 3. The number of esters is 1. The molecule has 0 N–H and O–H groups in total. The number of nitrogens with zero attached hydrogens (tertiary/aromatic N) is 1. The SMILES string of the molecule is COC(=O)c1cc(OC)c(OC)cc1CC#N. The Bertz CT molecular complexity index is 462. The molecular weight excluding hydrogens is 222 g/mol. The molecule has 0 aromatic heterocycles. The van der Waals surface area contributed by atoms with Crippen LogP contribution in [0.15, 0.2) is 12.1 Å². The van der Waals surface area contributed by atoms with Crippen LogP contribution < -0.4 is 9.47 Å². The molecule has 0 spiro atoms. The minimum Gasteiger partial charge on any atom is -0.493 e. The lowest BCUT2D eigenvalue weighted by Crippen LogP contribution is -2.07. The first-order valence-electron chi connectivity index (χ1n) is 4.88. The molecule has 17 heavy (non-hydrogen) atoms. The summed E-state index contributed by atoms with van der Waals surface area (Å²) in [6.07, 6.45) is 0.102. The van der Waals surface area contributed by atoms with Crippen molar-refractivity contribution in [2.75, 3.05) is 21.3 Å². The van der Waals surface area contributed by atoms with Gasteiger partial charge in [-0.1, -0.05) is 0 Å². The van der Waals surface area contributed by atoms with Crippen molar-refractivity contribution in [3.05, 3.63) is 23.3 Å². The predicted octanol–water partition coefficient (Wildman–Crippen LogP) is 1.56. The number of carbonyl (C=O) groups is 1. The van der Waals surface area contributed by atoms with Crippen LogP contribution in [0.5, 0.6) is 11.5 Å². The van der Waals surface area contributed by atoms with Gasteiger partial charge in [-0.15, -0.1) is 0 Å². The summed E-state index contributed by atoms with van der Waals surface area (Å²) in [6.45, 7) is 0. The number of carbonyl (C=O) groups excluding carboxylic acids is 1. The van der Waals surface area contributed by atoms with E-state index in [1.54, 1.807) is 6.07 Å². The Morgan fingerprint density at radius 3 is 2.29 bits per heavy atom. The highest BCUT2D eigenvalue weighted by atomic mass is 16.5. The van der Waals surface area contributed by atoms with Gasteiger partial charge in [-0.2, -0.15) is 5.26 Å². The van der Waals surface area contributed by atoms with Gasteiger partial charge in [0.15, 0.2) is 11.5 Å². The first-order chi connectivity index (χ1) is 8.17. The number of methoxy groups -OCH3 is 3. The molecule has 5 nitrogen and oxygen atoms in total. The minimum atomic E-state index is -0.504. The van der Waals surface area contributed by atoms with Crippen LogP contribution in [-0.2, 0) is 11.2 Å². The Labute approximate surface area is 99.5 Å². The zero-order valence-electron chi connectivity index (χ0n) is 9.94. The average molecular weight is 235 g/mol. The Balaban J connectivity index is 3.35. The van der Waals surface area contributed by atoms with Gasteiger partial charge in [0, 0.05) is 0 Å². The molecule has 90 valence electrons. The van der Waals surface area contributed by atoms with E-state index < -0.39 is 5.97 Å². The molecule has 0 fully saturated rings. The van der Waals surface area contributed by atoms with Crippen LogP contribution >= 0.6 is 0 Å². The lowest BCUT2D eigenvalue weighted by Gasteiger charge is -2.12. The van der Waals surface area contributed by atoms with Crippen LogP contribution in [-0.4, -0.2) is 27.3 Å². The van der Waals surface area contributed by atoms with Crippen molar-refractivity contribution in [1.29, 1.82) is 5.26 Å². The molecule has 0 heterocycles. The highest BCUT2D eigenvalue weighted by Crippen LogP contribution is 2.31. The van der Waals surface area contributed by atoms with E-state index in [0.717, 1.165) is 0 Å². The first kappa shape index (κ1) is 12.8. The maximum atomic E-state index is 11.5. The van der Waals surface area contributed by atoms with E-state index >= 15 is 0 Å². The third-order valence-corrected chi connectivity index (χ3v) is 2.28. The summed E-state index contributed by atoms with van der Waals surface area (Å²) in [5, 5.41) is 8.71. The highest BCUT2D eigenvalue weighted by molar-refractivity contribution is 5.92. The van der Waals surface area contributed by atoms with Crippen LogP contribution in [0, 0.1) is 11.3 Å². The summed E-state index contributed by atoms with van der Waals surface area (Å²) in [7, 11) is 4.25. The van der Waals surface area contributed by atoms with Gasteiger partial charge in [-0.3, -0.25) is 0 Å². The fourth-order valence-electron chi connectivity index (χ4n) is 1.45. The predicted molar refractivity (Wildman–Crippen MR) is 60.2 cm³/mol. The van der Waals surface area contributed by atoms with E-state index in [1.165, 1.54) is 27.4 Å². The van der Waals surface area contributed by atoms with Gasteiger partial charge in [-0.05, 0) is 17.7 Å². The monoisotopic (exact) mass is 235 g/mol. The van der Waals surface area contributed by atoms with Crippen molar-refractivity contribution in [2.45, 2.75) is 6.42 Å². The van der Waals surface area contributed by atoms with Gasteiger partial charge >= 0.3 is 5.97 Å². The van der Waals surface area contributed by atoms with E-state index in [9.17, 15) is 4.79 Å². The van der Waals surface area contributed by atoms with Crippen LogP contribution in [0.4, 0.5) is 0 Å². The van der Waals surface area contributed by atoms with E-state index in [1.807, 2.05) is 6.07 Å². The third kappa shape index (κ3) is 2.67. The van der Waals surface area contributed by atoms with E-state index in [0.29, 0.717) is 22.6 Å². The van der Waals surface area contributed by atoms with Crippen molar-refractivity contribution in [3.63, 3.8) is 0 Å². The number of hydrogen-bond acceptors (Lipinski definition) is 5. The second-order valence-corrected chi connectivity index (χ2v) is 3.19. The van der Waals surface area contributed by atoms with Crippen molar-refractivity contribution < 1.29 is 19.0 Å². The third-order valence-electron chi connectivity index (χ3n) is 2.28. The lowest BCUT2D eigenvalue weighted by atomic mass is 10.0. The molecule has 0 unspecified atom stereocenters. The molecule has 5 heteroatoms. The highest BCUT2D eigenvalue weighted by Gasteiger charge is 2.16. The summed E-state index contributed by atoms with van der Waals surface area (Å²) in [4.78, 5) is 11.5. The molecular formula is C12H13NO4. The molecule has 0 saturated carbocycles. The van der Waals surface area contributed by atoms with E-state index in [-0.39, 0.29) is 6.42 Å². The minimum absolute atomic E-state index is 0.102. The standard InChI is InChI=1S/C12H13NO4/c1-15-10-6-8(4-5-13)9(12(14)17-3)7-11(10)16-2/h6-7H,4H2,1-3H3. The smallest absolute Gasteiger partial charge is 0.338 e. The number of rotatable bonds is 4. The molecule has 0 aliphatic rings. The zero-order chi connectivity index (χ0) is 12.8. The van der Waals surface area contributed by atoms with Crippen LogP contribution in [0.3, 0.4) is 0 Å². The molecule has 0 atom stereocenters. The average Bonchev–Trinajstić information content (AvgIpc) is 2.37. The van der Waals surface area contributed by atoms with Crippen LogP contribution in [0.2, 0.25) is 0 Å². The largest absolute Gasteiger partial charge is 0.493 e. The second-order valence-electron chi connectivity index (χ2n) is 3.19. The molecule has 0 aliphatic heterocycles. The Hall–Kier alpha value is -2.22. The summed E-state index contributed by atoms with van der Waals surface area (Å²) in [5.41, 5.74) is 0.865. The van der Waals surface area contributed by atoms with Crippen molar-refractivity contribution >= 4 is 5.97 Å². The molecule has 0 aliphatic carbocycles. The Morgan fingerprint density at radius 1 is 1.24 bits per heavy atom. The summed E-state index contributed by atoms with van der Waals surface area (Å²) in [5.74, 6) is 0.399. The first-order valence-corrected chi connectivity index (χ1v) is 4.88. The lowest BCUT2D eigenvalue weighted by molar-refractivity contribution is 0.0599. The summed E-state index contributed by atoms with van der Waals surface area (Å²) < 4.78 is 14.8. The molecule has 0 radical (unpaired) electrons. The van der Waals surface area contributed by atoms with Gasteiger partial charge in [0.1, 0.15) is 0 Å². The molecule has 0 bridgehead atoms. The Morgan fingerprint density at radius 2 is 1.82 bits per heavy atom. The number of hydrogen-bond donors (Lipinski definition) is 0. The van der Waals surface area contributed by atoms with Crippen molar-refractivity contribution in [3.8, 4) is 17.6 Å². The molecule has 1 aromatic carbocycles. The maximum Gasteiger partial charge on any atom is 0.338 e. The fraction of sp³-hybridized carbons (Fsp3) is 0.333. The van der Waals surface area contributed by atoms with Crippen molar-refractivity contribution in [1.82, 2.24) is 0 Å². The quantitative estimate of drug-likeness (QED) is 0.741. The van der Waals surface area contributed by atoms with Gasteiger partial charge in [0.05, 0.1) is 39.4 Å². The second kappa shape index (κ2) is 5.75. The molecule has 0 saturated heterocycles. The maximum absolute atomic E-state index is 11.5. The van der Waals surface area contributed by atoms with Crippen LogP contribution in [0.1, 0.15) is 15.9 Å². The van der Waals surface area contributed by atoms with Gasteiger partial charge in [0.2, 0.25) is 0 Å². The summed E-state index contributed by atoms with van der Waals surface area (Å²) >= 11 is 0. The molecule has 1 rings (SSSR count). The molecule has 1 aromatic rings.